The summed E-state index contributed by atoms with van der Waals surface area (Å²) < 4.78 is 0. The molecule has 0 spiro atoms. The molecule has 0 heterocycles. The van der Waals surface area contributed by atoms with Gasteiger partial charge < -0.3 is 5.32 Å². The number of benzene rings is 1. The SMILES string of the molecule is CC(C)c1ccc(CCCCCNC2CC2)cc1. The Labute approximate surface area is 112 Å². The van der Waals surface area contributed by atoms with Crippen molar-refractivity contribution in [3.8, 4) is 0 Å². The van der Waals surface area contributed by atoms with Crippen LogP contribution in [0.5, 0.6) is 0 Å². The molecule has 1 heteroatoms. The van der Waals surface area contributed by atoms with Gasteiger partial charge in [-0.05, 0) is 55.7 Å². The molecule has 1 aliphatic rings. The molecule has 0 aliphatic heterocycles. The van der Waals surface area contributed by atoms with E-state index in [9.17, 15) is 0 Å². The highest BCUT2D eigenvalue weighted by molar-refractivity contribution is 5.24. The van der Waals surface area contributed by atoms with E-state index in [1.165, 1.54) is 56.2 Å². The molecule has 1 nitrogen and oxygen atoms in total. The first-order chi connectivity index (χ1) is 8.75. The van der Waals surface area contributed by atoms with Crippen LogP contribution in [0.3, 0.4) is 0 Å². The van der Waals surface area contributed by atoms with Crippen LogP contribution in [-0.4, -0.2) is 12.6 Å². The van der Waals surface area contributed by atoms with Crippen LogP contribution in [0, 0.1) is 0 Å². The van der Waals surface area contributed by atoms with Crippen molar-refractivity contribution in [2.75, 3.05) is 6.54 Å². The molecule has 1 aliphatic carbocycles. The summed E-state index contributed by atoms with van der Waals surface area (Å²) in [7, 11) is 0. The minimum atomic E-state index is 0.646. The Morgan fingerprint density at radius 1 is 1.06 bits per heavy atom. The normalized spacial score (nSPS) is 15.3. The molecule has 0 unspecified atom stereocenters. The summed E-state index contributed by atoms with van der Waals surface area (Å²) in [5.74, 6) is 0.646. The maximum absolute atomic E-state index is 3.58. The monoisotopic (exact) mass is 245 g/mol. The summed E-state index contributed by atoms with van der Waals surface area (Å²) >= 11 is 0. The summed E-state index contributed by atoms with van der Waals surface area (Å²) in [5.41, 5.74) is 2.95. The number of hydrogen-bond acceptors (Lipinski definition) is 1. The van der Waals surface area contributed by atoms with E-state index >= 15 is 0 Å². The molecule has 1 aromatic carbocycles. The maximum atomic E-state index is 3.58. The largest absolute Gasteiger partial charge is 0.314 e. The number of hydrogen-bond donors (Lipinski definition) is 1. The standard InChI is InChI=1S/C17H27N/c1-14(2)16-9-7-15(8-10-16)6-4-3-5-13-18-17-11-12-17/h7-10,14,17-18H,3-6,11-13H2,1-2H3. The van der Waals surface area contributed by atoms with Crippen LogP contribution in [-0.2, 0) is 6.42 Å². The zero-order chi connectivity index (χ0) is 12.8. The predicted octanol–water partition coefficient (Wildman–Crippen LogP) is 4.27. The molecule has 18 heavy (non-hydrogen) atoms. The first-order valence-electron chi connectivity index (χ1n) is 7.58. The minimum absolute atomic E-state index is 0.646. The first-order valence-corrected chi connectivity index (χ1v) is 7.58. The average Bonchev–Trinajstić information content (AvgIpc) is 3.18. The fraction of sp³-hybridized carbons (Fsp3) is 0.647. The Morgan fingerprint density at radius 2 is 1.78 bits per heavy atom. The minimum Gasteiger partial charge on any atom is -0.314 e. The highest BCUT2D eigenvalue weighted by atomic mass is 14.9. The van der Waals surface area contributed by atoms with E-state index in [0.717, 1.165) is 6.04 Å². The van der Waals surface area contributed by atoms with Gasteiger partial charge in [0.2, 0.25) is 0 Å². The molecular formula is C17H27N. The van der Waals surface area contributed by atoms with Gasteiger partial charge in [0.1, 0.15) is 0 Å². The van der Waals surface area contributed by atoms with Crippen LogP contribution in [0.25, 0.3) is 0 Å². The molecule has 1 N–H and O–H groups in total. The smallest absolute Gasteiger partial charge is 0.00682 e. The third kappa shape index (κ3) is 4.81. The van der Waals surface area contributed by atoms with E-state index in [0.29, 0.717) is 5.92 Å². The number of unbranched alkanes of at least 4 members (excludes halogenated alkanes) is 2. The highest BCUT2D eigenvalue weighted by Gasteiger charge is 2.19. The predicted molar refractivity (Wildman–Crippen MR) is 79.1 cm³/mol. The van der Waals surface area contributed by atoms with Crippen LogP contribution in [0.4, 0.5) is 0 Å². The van der Waals surface area contributed by atoms with Gasteiger partial charge in [0, 0.05) is 6.04 Å². The molecule has 1 fully saturated rings. The van der Waals surface area contributed by atoms with E-state index in [2.05, 4.69) is 43.4 Å². The molecular weight excluding hydrogens is 218 g/mol. The number of rotatable bonds is 8. The lowest BCUT2D eigenvalue weighted by molar-refractivity contribution is 0.600. The van der Waals surface area contributed by atoms with Crippen molar-refractivity contribution in [3.05, 3.63) is 35.4 Å². The Balaban J connectivity index is 1.57. The third-order valence-corrected chi connectivity index (χ3v) is 3.80. The number of nitrogens with one attached hydrogen (secondary N) is 1. The molecule has 0 aromatic heterocycles. The van der Waals surface area contributed by atoms with Gasteiger partial charge in [-0.2, -0.15) is 0 Å². The second-order valence-corrected chi connectivity index (χ2v) is 5.94. The molecule has 2 rings (SSSR count). The van der Waals surface area contributed by atoms with Gasteiger partial charge in [0.25, 0.3) is 0 Å². The van der Waals surface area contributed by atoms with Crippen LogP contribution in [0.2, 0.25) is 0 Å². The Hall–Kier alpha value is -0.820. The van der Waals surface area contributed by atoms with Crippen molar-refractivity contribution >= 4 is 0 Å². The number of aryl methyl sites for hydroxylation is 1. The molecule has 0 atom stereocenters. The fourth-order valence-corrected chi connectivity index (χ4v) is 2.29. The second kappa shape index (κ2) is 6.94. The Bertz CT molecular complexity index is 335. The lowest BCUT2D eigenvalue weighted by atomic mass is 10.00. The van der Waals surface area contributed by atoms with E-state index in [4.69, 9.17) is 0 Å². The van der Waals surface area contributed by atoms with Crippen molar-refractivity contribution < 1.29 is 0 Å². The summed E-state index contributed by atoms with van der Waals surface area (Å²) in [6.07, 6.45) is 8.06. The topological polar surface area (TPSA) is 12.0 Å². The lowest BCUT2D eigenvalue weighted by Crippen LogP contribution is -2.17. The van der Waals surface area contributed by atoms with Gasteiger partial charge in [-0.1, -0.05) is 44.5 Å². The van der Waals surface area contributed by atoms with Crippen LogP contribution in [0.15, 0.2) is 24.3 Å². The molecule has 0 amide bonds. The zero-order valence-corrected chi connectivity index (χ0v) is 11.9. The lowest BCUT2D eigenvalue weighted by Gasteiger charge is -2.07. The van der Waals surface area contributed by atoms with Crippen LogP contribution >= 0.6 is 0 Å². The summed E-state index contributed by atoms with van der Waals surface area (Å²) in [4.78, 5) is 0. The van der Waals surface area contributed by atoms with Crippen molar-refractivity contribution in [2.45, 2.75) is 64.3 Å². The fourth-order valence-electron chi connectivity index (χ4n) is 2.29. The zero-order valence-electron chi connectivity index (χ0n) is 11.9. The third-order valence-electron chi connectivity index (χ3n) is 3.80. The molecule has 1 saturated carbocycles. The molecule has 0 bridgehead atoms. The van der Waals surface area contributed by atoms with Gasteiger partial charge in [-0.25, -0.2) is 0 Å². The van der Waals surface area contributed by atoms with Gasteiger partial charge in [-0.15, -0.1) is 0 Å². The molecule has 1 aromatic rings. The Kier molecular flexibility index (Phi) is 5.25. The van der Waals surface area contributed by atoms with Crippen molar-refractivity contribution in [2.24, 2.45) is 0 Å². The van der Waals surface area contributed by atoms with E-state index in [1.807, 2.05) is 0 Å². The maximum Gasteiger partial charge on any atom is 0.00682 e. The van der Waals surface area contributed by atoms with E-state index in [-0.39, 0.29) is 0 Å². The van der Waals surface area contributed by atoms with Gasteiger partial charge >= 0.3 is 0 Å². The van der Waals surface area contributed by atoms with Crippen LogP contribution in [0.1, 0.15) is 63.0 Å². The van der Waals surface area contributed by atoms with Crippen molar-refractivity contribution in [1.29, 1.82) is 0 Å². The molecule has 0 radical (unpaired) electrons. The molecule has 100 valence electrons. The summed E-state index contributed by atoms with van der Waals surface area (Å²) in [6.45, 7) is 5.72. The van der Waals surface area contributed by atoms with Gasteiger partial charge in [-0.3, -0.25) is 0 Å². The van der Waals surface area contributed by atoms with E-state index in [1.54, 1.807) is 0 Å². The average molecular weight is 245 g/mol. The molecule has 0 saturated heterocycles. The second-order valence-electron chi connectivity index (χ2n) is 5.94. The summed E-state index contributed by atoms with van der Waals surface area (Å²) in [6, 6.07) is 10.0. The van der Waals surface area contributed by atoms with E-state index < -0.39 is 0 Å². The highest BCUT2D eigenvalue weighted by Crippen LogP contribution is 2.18. The first kappa shape index (κ1) is 13.6. The quantitative estimate of drug-likeness (QED) is 0.674. The summed E-state index contributed by atoms with van der Waals surface area (Å²) in [5, 5.41) is 3.58. The Morgan fingerprint density at radius 3 is 2.39 bits per heavy atom. The van der Waals surface area contributed by atoms with Crippen LogP contribution < -0.4 is 5.32 Å². The van der Waals surface area contributed by atoms with Gasteiger partial charge in [0.05, 0.1) is 0 Å². The van der Waals surface area contributed by atoms with Crippen molar-refractivity contribution in [1.82, 2.24) is 5.32 Å². The van der Waals surface area contributed by atoms with Gasteiger partial charge in [0.15, 0.2) is 0 Å². The van der Waals surface area contributed by atoms with Crippen molar-refractivity contribution in [3.63, 3.8) is 0 Å².